The molecule has 0 saturated heterocycles. The molecule has 0 aliphatic rings. The van der Waals surface area contributed by atoms with E-state index in [0.717, 1.165) is 0 Å². The van der Waals surface area contributed by atoms with Gasteiger partial charge in [0.15, 0.2) is 0 Å². The average molecular weight is 295 g/mol. The smallest absolute Gasteiger partial charge is 0.271 e. The van der Waals surface area contributed by atoms with Gasteiger partial charge in [0.1, 0.15) is 23.2 Å². The standard InChI is InChI=1S/C12H10FN3O3S/c13-10-2-1-3-11(9(10)6-14)16-7-8-4-5-12(19-8)20(15,17)18/h1-5,16H,7H2,(H2,15,17,18). The molecule has 2 aromatic rings. The Morgan fingerprint density at radius 1 is 1.35 bits per heavy atom. The monoisotopic (exact) mass is 295 g/mol. The number of primary sulfonamides is 1. The second kappa shape index (κ2) is 5.32. The third-order valence-corrected chi connectivity index (χ3v) is 3.28. The lowest BCUT2D eigenvalue weighted by atomic mass is 10.2. The van der Waals surface area contributed by atoms with E-state index in [2.05, 4.69) is 5.32 Å². The summed E-state index contributed by atoms with van der Waals surface area (Å²) in [5.74, 6) is -0.343. The lowest BCUT2D eigenvalue weighted by Crippen LogP contribution is -2.10. The molecule has 0 bridgehead atoms. The molecule has 0 radical (unpaired) electrons. The van der Waals surface area contributed by atoms with Crippen molar-refractivity contribution in [3.63, 3.8) is 0 Å². The Bertz CT molecular complexity index is 777. The van der Waals surface area contributed by atoms with Crippen molar-refractivity contribution in [1.82, 2.24) is 0 Å². The molecule has 6 nitrogen and oxygen atoms in total. The fourth-order valence-electron chi connectivity index (χ4n) is 1.57. The molecule has 1 aromatic heterocycles. The number of rotatable bonds is 4. The van der Waals surface area contributed by atoms with Gasteiger partial charge in [-0.2, -0.15) is 5.26 Å². The zero-order valence-corrected chi connectivity index (χ0v) is 10.9. The SMILES string of the molecule is N#Cc1c(F)cccc1NCc1ccc(S(N)(=O)=O)o1. The molecule has 0 spiro atoms. The number of hydrogen-bond acceptors (Lipinski definition) is 5. The number of hydrogen-bond donors (Lipinski definition) is 2. The molecule has 8 heteroatoms. The first-order valence-corrected chi connectivity index (χ1v) is 7.00. The highest BCUT2D eigenvalue weighted by molar-refractivity contribution is 7.89. The predicted octanol–water partition coefficient (Wildman–Crippen LogP) is 1.55. The summed E-state index contributed by atoms with van der Waals surface area (Å²) < 4.78 is 40.4. The van der Waals surface area contributed by atoms with Crippen LogP contribution in [0, 0.1) is 17.1 Å². The molecule has 20 heavy (non-hydrogen) atoms. The molecule has 1 heterocycles. The highest BCUT2D eigenvalue weighted by Gasteiger charge is 2.13. The number of halogens is 1. The number of nitriles is 1. The molecular weight excluding hydrogens is 285 g/mol. The number of nitrogens with zero attached hydrogens (tertiary/aromatic N) is 1. The van der Waals surface area contributed by atoms with Crippen molar-refractivity contribution in [3.8, 4) is 6.07 Å². The van der Waals surface area contributed by atoms with Crippen LogP contribution in [0.5, 0.6) is 0 Å². The van der Waals surface area contributed by atoms with Crippen molar-refractivity contribution in [2.45, 2.75) is 11.6 Å². The van der Waals surface area contributed by atoms with Crippen LogP contribution in [0.1, 0.15) is 11.3 Å². The Kier molecular flexibility index (Phi) is 3.74. The van der Waals surface area contributed by atoms with Crippen molar-refractivity contribution in [2.24, 2.45) is 5.14 Å². The Hall–Kier alpha value is -2.37. The average Bonchev–Trinajstić information content (AvgIpc) is 2.85. The molecule has 0 amide bonds. The molecule has 2 rings (SSSR count). The summed E-state index contributed by atoms with van der Waals surface area (Å²) in [6, 6.07) is 8.56. The topological polar surface area (TPSA) is 109 Å². The minimum Gasteiger partial charge on any atom is -0.446 e. The molecule has 104 valence electrons. The van der Waals surface area contributed by atoms with Crippen molar-refractivity contribution in [1.29, 1.82) is 5.26 Å². The van der Waals surface area contributed by atoms with Gasteiger partial charge in [0.25, 0.3) is 10.0 Å². The zero-order chi connectivity index (χ0) is 14.8. The largest absolute Gasteiger partial charge is 0.446 e. The maximum atomic E-state index is 13.4. The van der Waals surface area contributed by atoms with E-state index in [1.54, 1.807) is 6.07 Å². The fraction of sp³-hybridized carbons (Fsp3) is 0.0833. The maximum absolute atomic E-state index is 13.4. The number of sulfonamides is 1. The summed E-state index contributed by atoms with van der Waals surface area (Å²) in [7, 11) is -3.89. The van der Waals surface area contributed by atoms with Gasteiger partial charge in [-0.05, 0) is 24.3 Å². The summed E-state index contributed by atoms with van der Waals surface area (Å²) in [5, 5.41) is 16.2. The van der Waals surface area contributed by atoms with Gasteiger partial charge in [-0.1, -0.05) is 6.07 Å². The Morgan fingerprint density at radius 2 is 2.10 bits per heavy atom. The lowest BCUT2D eigenvalue weighted by Gasteiger charge is -2.06. The van der Waals surface area contributed by atoms with Crippen LogP contribution >= 0.6 is 0 Å². The maximum Gasteiger partial charge on any atom is 0.271 e. The summed E-state index contributed by atoms with van der Waals surface area (Å²) in [5.41, 5.74) is 0.173. The number of nitrogens with one attached hydrogen (secondary N) is 1. The fourth-order valence-corrected chi connectivity index (χ4v) is 2.05. The van der Waals surface area contributed by atoms with E-state index in [1.165, 1.54) is 30.3 Å². The molecule has 0 saturated carbocycles. The first kappa shape index (κ1) is 14.0. The first-order chi connectivity index (χ1) is 9.41. The van der Waals surface area contributed by atoms with Gasteiger partial charge < -0.3 is 9.73 Å². The highest BCUT2D eigenvalue weighted by Crippen LogP contribution is 2.19. The molecule has 0 atom stereocenters. The van der Waals surface area contributed by atoms with Gasteiger partial charge in [-0.3, -0.25) is 0 Å². The summed E-state index contributed by atoms with van der Waals surface area (Å²) in [6.07, 6.45) is 0. The zero-order valence-electron chi connectivity index (χ0n) is 10.1. The highest BCUT2D eigenvalue weighted by atomic mass is 32.2. The van der Waals surface area contributed by atoms with Gasteiger partial charge >= 0.3 is 0 Å². The van der Waals surface area contributed by atoms with E-state index in [1.807, 2.05) is 0 Å². The van der Waals surface area contributed by atoms with Crippen LogP contribution in [0.15, 0.2) is 39.8 Å². The van der Waals surface area contributed by atoms with Crippen LogP contribution in [0.2, 0.25) is 0 Å². The molecule has 0 aliphatic heterocycles. The van der Waals surface area contributed by atoms with Crippen LogP contribution < -0.4 is 10.5 Å². The van der Waals surface area contributed by atoms with E-state index in [-0.39, 0.29) is 17.2 Å². The number of nitrogens with two attached hydrogens (primary N) is 1. The molecule has 1 aromatic carbocycles. The predicted molar refractivity (Wildman–Crippen MR) is 68.5 cm³/mol. The molecular formula is C12H10FN3O3S. The third kappa shape index (κ3) is 2.96. The number of furan rings is 1. The molecule has 3 N–H and O–H groups in total. The van der Waals surface area contributed by atoms with Gasteiger partial charge in [0.2, 0.25) is 5.09 Å². The van der Waals surface area contributed by atoms with E-state index in [9.17, 15) is 12.8 Å². The van der Waals surface area contributed by atoms with Crippen molar-refractivity contribution >= 4 is 15.7 Å². The summed E-state index contributed by atoms with van der Waals surface area (Å²) >= 11 is 0. The Balaban J connectivity index is 2.16. The normalized spacial score (nSPS) is 11.1. The Labute approximate surface area is 114 Å². The lowest BCUT2D eigenvalue weighted by molar-refractivity contribution is 0.419. The number of anilines is 1. The minimum absolute atomic E-state index is 0.0909. The van der Waals surface area contributed by atoms with Gasteiger partial charge in [-0.25, -0.2) is 17.9 Å². The quantitative estimate of drug-likeness (QED) is 0.889. The van der Waals surface area contributed by atoms with E-state index >= 15 is 0 Å². The van der Waals surface area contributed by atoms with Crippen LogP contribution in [0.25, 0.3) is 0 Å². The summed E-state index contributed by atoms with van der Waals surface area (Å²) in [6.45, 7) is 0.0909. The van der Waals surface area contributed by atoms with Crippen molar-refractivity contribution in [2.75, 3.05) is 5.32 Å². The van der Waals surface area contributed by atoms with E-state index in [4.69, 9.17) is 14.8 Å². The molecule has 0 fully saturated rings. The second-order valence-electron chi connectivity index (χ2n) is 3.89. The van der Waals surface area contributed by atoms with Gasteiger partial charge in [0, 0.05) is 0 Å². The van der Waals surface area contributed by atoms with Crippen molar-refractivity contribution in [3.05, 3.63) is 47.5 Å². The van der Waals surface area contributed by atoms with Gasteiger partial charge in [-0.15, -0.1) is 0 Å². The van der Waals surface area contributed by atoms with Crippen molar-refractivity contribution < 1.29 is 17.2 Å². The Morgan fingerprint density at radius 3 is 2.70 bits per heavy atom. The minimum atomic E-state index is -3.89. The number of benzene rings is 1. The van der Waals surface area contributed by atoms with E-state index < -0.39 is 15.8 Å². The van der Waals surface area contributed by atoms with Gasteiger partial charge in [0.05, 0.1) is 12.2 Å². The molecule has 0 unspecified atom stereocenters. The van der Waals surface area contributed by atoms with E-state index in [0.29, 0.717) is 11.4 Å². The summed E-state index contributed by atoms with van der Waals surface area (Å²) in [4.78, 5) is 0. The first-order valence-electron chi connectivity index (χ1n) is 5.46. The van der Waals surface area contributed by atoms with Crippen LogP contribution in [0.3, 0.4) is 0 Å². The van der Waals surface area contributed by atoms with Crippen LogP contribution in [-0.2, 0) is 16.6 Å². The second-order valence-corrected chi connectivity index (χ2v) is 5.39. The molecule has 0 aliphatic carbocycles. The van der Waals surface area contributed by atoms with Crippen LogP contribution in [0.4, 0.5) is 10.1 Å². The third-order valence-electron chi connectivity index (χ3n) is 2.50. The van der Waals surface area contributed by atoms with Crippen LogP contribution in [-0.4, -0.2) is 8.42 Å².